The monoisotopic (exact) mass is 220 g/mol. The van der Waals surface area contributed by atoms with Crippen LogP contribution in [0.5, 0.6) is 0 Å². The Bertz CT molecular complexity index is 278. The van der Waals surface area contributed by atoms with Gasteiger partial charge in [-0.15, -0.1) is 0 Å². The summed E-state index contributed by atoms with van der Waals surface area (Å²) in [5.74, 6) is 0. The van der Waals surface area contributed by atoms with E-state index in [0.29, 0.717) is 9.34 Å². The molecule has 5 heteroatoms. The van der Waals surface area contributed by atoms with Gasteiger partial charge >= 0.3 is 0 Å². The predicted molar refractivity (Wildman–Crippen MR) is 61.0 cm³/mol. The molecule has 1 aromatic carbocycles. The maximum atomic E-state index is 5.71. The molecule has 0 fully saturated rings. The summed E-state index contributed by atoms with van der Waals surface area (Å²) < 4.78 is 0.326. The van der Waals surface area contributed by atoms with Gasteiger partial charge in [-0.05, 0) is 18.2 Å². The second-order valence-electron chi connectivity index (χ2n) is 1.92. The molecule has 0 aliphatic heterocycles. The van der Waals surface area contributed by atoms with Crippen LogP contribution in [0.2, 0.25) is 5.02 Å². The summed E-state index contributed by atoms with van der Waals surface area (Å²) in [4.78, 5) is 0. The zero-order valence-corrected chi connectivity index (χ0v) is 8.89. The van der Waals surface area contributed by atoms with Crippen LogP contribution in [0.1, 0.15) is 0 Å². The third-order valence-corrected chi connectivity index (χ3v) is 1.51. The van der Waals surface area contributed by atoms with Gasteiger partial charge in [0.15, 0.2) is 0 Å². The number of nitrogens with one attached hydrogen (secondary N) is 1. The van der Waals surface area contributed by atoms with Crippen LogP contribution in [0, 0.1) is 0 Å². The highest BCUT2D eigenvalue weighted by Crippen LogP contribution is 2.14. The minimum atomic E-state index is 0. The Morgan fingerprint density at radius 3 is 2.67 bits per heavy atom. The van der Waals surface area contributed by atoms with Gasteiger partial charge in [-0.2, -0.15) is 0 Å². The summed E-state index contributed by atoms with van der Waals surface area (Å²) in [5.41, 5.74) is 0.831. The van der Waals surface area contributed by atoms with Crippen molar-refractivity contribution in [1.82, 2.24) is 6.15 Å². The number of benzene rings is 1. The molecule has 0 aliphatic carbocycles. The molecule has 66 valence electrons. The Hall–Kier alpha value is -0.420. The lowest BCUT2D eigenvalue weighted by molar-refractivity contribution is 1.66. The molecule has 0 aromatic heterocycles. The molecular formula is C7H9ClN2S2. The Kier molecular flexibility index (Phi) is 5.08. The molecule has 0 amide bonds. The fourth-order valence-corrected chi connectivity index (χ4v) is 1.11. The fraction of sp³-hybridized carbons (Fsp3) is 0. The normalized spacial score (nSPS) is 8.42. The molecule has 0 unspecified atom stereocenters. The Labute approximate surface area is 87.3 Å². The van der Waals surface area contributed by atoms with Crippen LogP contribution in [0.15, 0.2) is 24.3 Å². The van der Waals surface area contributed by atoms with Crippen LogP contribution in [-0.2, 0) is 12.6 Å². The first-order valence-electron chi connectivity index (χ1n) is 2.92. The van der Waals surface area contributed by atoms with Gasteiger partial charge < -0.3 is 36.3 Å². The van der Waals surface area contributed by atoms with Crippen molar-refractivity contribution in [3.63, 3.8) is 0 Å². The van der Waals surface area contributed by atoms with E-state index in [4.69, 9.17) is 11.6 Å². The van der Waals surface area contributed by atoms with Crippen LogP contribution in [-0.4, -0.2) is 4.32 Å². The zero-order valence-electron chi connectivity index (χ0n) is 6.50. The van der Waals surface area contributed by atoms with Gasteiger partial charge in [-0.1, -0.05) is 22.0 Å². The number of thiocarbonyl (C=S) groups is 1. The number of hydrogen-bond donors (Lipinski definition) is 2. The van der Waals surface area contributed by atoms with Crippen molar-refractivity contribution in [2.45, 2.75) is 0 Å². The van der Waals surface area contributed by atoms with Crippen molar-refractivity contribution in [3.8, 4) is 0 Å². The molecule has 1 aromatic rings. The first-order chi connectivity index (χ1) is 5.18. The van der Waals surface area contributed by atoms with Gasteiger partial charge in [-0.25, -0.2) is 0 Å². The molecule has 0 saturated heterocycles. The van der Waals surface area contributed by atoms with Gasteiger partial charge in [0.05, 0.1) is 0 Å². The maximum absolute atomic E-state index is 5.71. The lowest BCUT2D eigenvalue weighted by atomic mass is 10.3. The molecule has 0 saturated carbocycles. The zero-order chi connectivity index (χ0) is 8.27. The SMILES string of the molecule is S=C([S-])Nc1cccc(Cl)c1.[NH4+]. The molecule has 0 spiro atoms. The molecule has 0 bridgehead atoms. The van der Waals surface area contributed by atoms with E-state index in [0.717, 1.165) is 5.69 Å². The molecule has 5 N–H and O–H groups in total. The van der Waals surface area contributed by atoms with E-state index in [-0.39, 0.29) is 6.15 Å². The van der Waals surface area contributed by atoms with E-state index in [2.05, 4.69) is 30.2 Å². The van der Waals surface area contributed by atoms with Gasteiger partial charge in [-0.3, -0.25) is 0 Å². The summed E-state index contributed by atoms with van der Waals surface area (Å²) >= 11 is 15.1. The Morgan fingerprint density at radius 1 is 1.50 bits per heavy atom. The molecule has 1 rings (SSSR count). The number of quaternary nitrogens is 1. The Balaban J connectivity index is 0.00000121. The van der Waals surface area contributed by atoms with Gasteiger partial charge in [0.1, 0.15) is 0 Å². The first kappa shape index (κ1) is 11.6. The highest BCUT2D eigenvalue weighted by molar-refractivity contribution is 8.00. The molecule has 0 heterocycles. The minimum Gasteiger partial charge on any atom is -0.411 e. The first-order valence-corrected chi connectivity index (χ1v) is 4.11. The highest BCUT2D eigenvalue weighted by atomic mass is 35.5. The summed E-state index contributed by atoms with van der Waals surface area (Å²) in [6.07, 6.45) is 0. The summed E-state index contributed by atoms with van der Waals surface area (Å²) in [6.45, 7) is 0. The third-order valence-electron chi connectivity index (χ3n) is 1.07. The van der Waals surface area contributed by atoms with Crippen LogP contribution in [0.3, 0.4) is 0 Å². The largest absolute Gasteiger partial charge is 0.411 e. The lowest BCUT2D eigenvalue weighted by Gasteiger charge is -2.08. The second kappa shape index (κ2) is 5.27. The highest BCUT2D eigenvalue weighted by Gasteiger charge is 1.89. The molecule has 2 nitrogen and oxygen atoms in total. The van der Waals surface area contributed by atoms with E-state index in [1.807, 2.05) is 12.1 Å². The average molecular weight is 221 g/mol. The topological polar surface area (TPSA) is 48.5 Å². The average Bonchev–Trinajstić information content (AvgIpc) is 1.85. The van der Waals surface area contributed by atoms with Crippen LogP contribution < -0.4 is 11.5 Å². The van der Waals surface area contributed by atoms with Crippen molar-refractivity contribution in [3.05, 3.63) is 29.3 Å². The third kappa shape index (κ3) is 3.82. The van der Waals surface area contributed by atoms with Crippen molar-refractivity contribution >= 4 is 46.5 Å². The number of anilines is 1. The minimum absolute atomic E-state index is 0. The van der Waals surface area contributed by atoms with Crippen molar-refractivity contribution < 1.29 is 0 Å². The van der Waals surface area contributed by atoms with Crippen molar-refractivity contribution in [2.24, 2.45) is 0 Å². The lowest BCUT2D eigenvalue weighted by Crippen LogP contribution is -2.03. The van der Waals surface area contributed by atoms with Gasteiger partial charge in [0, 0.05) is 10.7 Å². The summed E-state index contributed by atoms with van der Waals surface area (Å²) in [7, 11) is 0. The number of hydrogen-bond acceptors (Lipinski definition) is 2. The van der Waals surface area contributed by atoms with Crippen LogP contribution in [0.25, 0.3) is 0 Å². The van der Waals surface area contributed by atoms with E-state index >= 15 is 0 Å². The molecule has 0 radical (unpaired) electrons. The molecular weight excluding hydrogens is 212 g/mol. The molecule has 0 aliphatic rings. The van der Waals surface area contributed by atoms with E-state index < -0.39 is 0 Å². The fourth-order valence-electron chi connectivity index (χ4n) is 0.684. The molecule has 0 atom stereocenters. The van der Waals surface area contributed by atoms with Crippen LogP contribution >= 0.6 is 23.8 Å². The quantitative estimate of drug-likeness (QED) is 0.565. The van der Waals surface area contributed by atoms with E-state index in [9.17, 15) is 0 Å². The molecule has 12 heavy (non-hydrogen) atoms. The van der Waals surface area contributed by atoms with Gasteiger partial charge in [0.2, 0.25) is 0 Å². The smallest absolute Gasteiger partial charge is 0.0426 e. The second-order valence-corrected chi connectivity index (χ2v) is 3.43. The Morgan fingerprint density at radius 2 is 2.17 bits per heavy atom. The van der Waals surface area contributed by atoms with Crippen LogP contribution in [0.4, 0.5) is 5.69 Å². The number of rotatable bonds is 1. The van der Waals surface area contributed by atoms with E-state index in [1.54, 1.807) is 12.1 Å². The standard InChI is InChI=1S/C7H6ClNS2.H3N/c8-5-2-1-3-6(4-5)9-7(10)11;/h1-4H,(H2,9,10,11);1H3. The maximum Gasteiger partial charge on any atom is 0.0426 e. The predicted octanol–water partition coefficient (Wildman–Crippen LogP) is 2.96. The van der Waals surface area contributed by atoms with Gasteiger partial charge in [0.25, 0.3) is 0 Å². The van der Waals surface area contributed by atoms with Crippen molar-refractivity contribution in [2.75, 3.05) is 5.32 Å². The number of halogens is 1. The van der Waals surface area contributed by atoms with Crippen molar-refractivity contribution in [1.29, 1.82) is 0 Å². The summed E-state index contributed by atoms with van der Waals surface area (Å²) in [6, 6.07) is 7.24. The summed E-state index contributed by atoms with van der Waals surface area (Å²) in [5, 5.41) is 3.48. The van der Waals surface area contributed by atoms with E-state index in [1.165, 1.54) is 0 Å².